The summed E-state index contributed by atoms with van der Waals surface area (Å²) in [5.41, 5.74) is 0. The Labute approximate surface area is 181 Å². The average Bonchev–Trinajstić information content (AvgIpc) is 2.57. The predicted molar refractivity (Wildman–Crippen MR) is 105 cm³/mol. The van der Waals surface area contributed by atoms with Crippen LogP contribution in [-0.2, 0) is 17.1 Å². The molecule has 1 aromatic rings. The number of ether oxygens (including phenoxy) is 2. The molecule has 5 nitrogen and oxygen atoms in total. The Morgan fingerprint density at radius 1 is 1.00 bits per heavy atom. The third-order valence-electron chi connectivity index (χ3n) is 3.20. The van der Waals surface area contributed by atoms with Crippen molar-refractivity contribution < 1.29 is 9.47 Å². The van der Waals surface area contributed by atoms with Crippen molar-refractivity contribution in [2.75, 3.05) is 6.61 Å². The first-order valence-corrected chi connectivity index (χ1v) is 9.95. The molecular formula is C15H15Cl6N3O2. The van der Waals surface area contributed by atoms with Gasteiger partial charge in [-0.15, -0.1) is 0 Å². The Morgan fingerprint density at radius 2 is 1.62 bits per heavy atom. The number of hydrogen-bond donors (Lipinski definition) is 0. The molecule has 0 saturated heterocycles. The number of halogens is 6. The molecular weight excluding hydrogens is 467 g/mol. The van der Waals surface area contributed by atoms with Gasteiger partial charge in [0.25, 0.3) is 0 Å². The quantitative estimate of drug-likeness (QED) is 0.357. The van der Waals surface area contributed by atoms with Crippen LogP contribution in [0.1, 0.15) is 49.8 Å². The summed E-state index contributed by atoms with van der Waals surface area (Å²) >= 11 is 35.2. The van der Waals surface area contributed by atoms with E-state index in [2.05, 4.69) is 21.9 Å². The van der Waals surface area contributed by atoms with Gasteiger partial charge in [0.1, 0.15) is 5.76 Å². The summed E-state index contributed by atoms with van der Waals surface area (Å²) in [6.07, 6.45) is 7.28. The third kappa shape index (κ3) is 6.47. The van der Waals surface area contributed by atoms with Crippen LogP contribution in [0.5, 0.6) is 0 Å². The molecule has 1 atom stereocenters. The molecule has 0 aliphatic carbocycles. The van der Waals surface area contributed by atoms with Gasteiger partial charge < -0.3 is 9.47 Å². The molecule has 0 radical (unpaired) electrons. The zero-order valence-electron chi connectivity index (χ0n) is 13.6. The molecule has 0 amide bonds. The standard InChI is InChI=1S/C15H15Cl6N3O2/c1-2-3-4-6-25-9-5-7-26-10(8-9)11-22-12(14(16,17)18)24-13(23-11)15(19,20)21/h5,7-8,10H,2-4,6H2,1H3. The highest BCUT2D eigenvalue weighted by molar-refractivity contribution is 6.67. The highest BCUT2D eigenvalue weighted by Gasteiger charge is 2.35. The number of nitrogens with zero attached hydrogens (tertiary/aromatic N) is 3. The zero-order chi connectivity index (χ0) is 19.4. The molecule has 11 heteroatoms. The summed E-state index contributed by atoms with van der Waals surface area (Å²) in [6, 6.07) is 0. The number of hydrogen-bond acceptors (Lipinski definition) is 5. The second kappa shape index (κ2) is 9.35. The molecule has 0 fully saturated rings. The molecule has 0 aromatic carbocycles. The molecule has 2 rings (SSSR count). The van der Waals surface area contributed by atoms with E-state index in [1.165, 1.54) is 6.26 Å². The average molecular weight is 482 g/mol. The van der Waals surface area contributed by atoms with E-state index in [0.717, 1.165) is 19.3 Å². The summed E-state index contributed by atoms with van der Waals surface area (Å²) in [5, 5.41) is 0. The molecule has 1 aliphatic heterocycles. The van der Waals surface area contributed by atoms with Crippen LogP contribution in [0.25, 0.3) is 0 Å². The van der Waals surface area contributed by atoms with Crippen molar-refractivity contribution in [3.63, 3.8) is 0 Å². The van der Waals surface area contributed by atoms with Gasteiger partial charge in [-0.05, 0) is 6.42 Å². The summed E-state index contributed by atoms with van der Waals surface area (Å²) in [6.45, 7) is 2.71. The van der Waals surface area contributed by atoms with E-state index < -0.39 is 13.7 Å². The Hall–Kier alpha value is -0.170. The van der Waals surface area contributed by atoms with Crippen LogP contribution in [0.4, 0.5) is 0 Å². The first-order valence-electron chi connectivity index (χ1n) is 7.68. The van der Waals surface area contributed by atoms with Crippen LogP contribution >= 0.6 is 69.6 Å². The lowest BCUT2D eigenvalue weighted by Gasteiger charge is -2.20. The van der Waals surface area contributed by atoms with E-state index in [1.54, 1.807) is 12.2 Å². The lowest BCUT2D eigenvalue weighted by atomic mass is 10.2. The van der Waals surface area contributed by atoms with Crippen LogP contribution in [0.3, 0.4) is 0 Å². The van der Waals surface area contributed by atoms with Crippen LogP contribution < -0.4 is 0 Å². The Bertz CT molecular complexity index is 653. The molecule has 1 unspecified atom stereocenters. The van der Waals surface area contributed by atoms with E-state index in [1.807, 2.05) is 0 Å². The second-order valence-electron chi connectivity index (χ2n) is 5.32. The Kier molecular flexibility index (Phi) is 7.96. The van der Waals surface area contributed by atoms with Crippen molar-refractivity contribution in [1.29, 1.82) is 0 Å². The topological polar surface area (TPSA) is 57.1 Å². The molecule has 0 N–H and O–H groups in total. The number of rotatable bonds is 6. The van der Waals surface area contributed by atoms with E-state index in [4.69, 9.17) is 79.1 Å². The van der Waals surface area contributed by atoms with Gasteiger partial charge in [-0.2, -0.15) is 0 Å². The highest BCUT2D eigenvalue weighted by atomic mass is 35.6. The normalized spacial score (nSPS) is 17.7. The van der Waals surface area contributed by atoms with Crippen LogP contribution in [-0.4, -0.2) is 21.6 Å². The van der Waals surface area contributed by atoms with Gasteiger partial charge >= 0.3 is 0 Å². The third-order valence-corrected chi connectivity index (χ3v) is 4.22. The van der Waals surface area contributed by atoms with Crippen LogP contribution in [0.15, 0.2) is 24.2 Å². The Balaban J connectivity index is 2.29. The van der Waals surface area contributed by atoms with Gasteiger partial charge in [0.2, 0.25) is 7.59 Å². The molecule has 1 aliphatic rings. The summed E-state index contributed by atoms with van der Waals surface area (Å²) in [5.74, 6) is 0.391. The molecule has 2 heterocycles. The van der Waals surface area contributed by atoms with Gasteiger partial charge in [-0.3, -0.25) is 0 Å². The summed E-state index contributed by atoms with van der Waals surface area (Å²) in [7, 11) is 0. The minimum atomic E-state index is -1.92. The van der Waals surface area contributed by atoms with Gasteiger partial charge in [0.15, 0.2) is 23.6 Å². The lowest BCUT2D eigenvalue weighted by molar-refractivity contribution is 0.150. The molecule has 26 heavy (non-hydrogen) atoms. The van der Waals surface area contributed by atoms with Crippen molar-refractivity contribution in [2.24, 2.45) is 0 Å². The van der Waals surface area contributed by atoms with Crippen LogP contribution in [0.2, 0.25) is 0 Å². The van der Waals surface area contributed by atoms with Crippen molar-refractivity contribution in [1.82, 2.24) is 15.0 Å². The van der Waals surface area contributed by atoms with E-state index >= 15 is 0 Å². The number of alkyl halides is 6. The zero-order valence-corrected chi connectivity index (χ0v) is 18.1. The van der Waals surface area contributed by atoms with E-state index in [0.29, 0.717) is 12.4 Å². The van der Waals surface area contributed by atoms with Crippen molar-refractivity contribution >= 4 is 69.6 Å². The predicted octanol–water partition coefficient (Wildman–Crippen LogP) is 6.20. The largest absolute Gasteiger partial charge is 0.494 e. The minimum absolute atomic E-state index is 0.127. The van der Waals surface area contributed by atoms with Gasteiger partial charge in [0.05, 0.1) is 12.9 Å². The molecule has 0 bridgehead atoms. The highest BCUT2D eigenvalue weighted by Crippen LogP contribution is 2.40. The number of allylic oxidation sites excluding steroid dienone is 1. The van der Waals surface area contributed by atoms with Gasteiger partial charge in [0, 0.05) is 12.2 Å². The van der Waals surface area contributed by atoms with E-state index in [-0.39, 0.29) is 17.5 Å². The summed E-state index contributed by atoms with van der Waals surface area (Å²) < 4.78 is 7.37. The molecule has 0 saturated carbocycles. The smallest absolute Gasteiger partial charge is 0.250 e. The maximum atomic E-state index is 5.87. The molecule has 1 aromatic heterocycles. The lowest BCUT2D eigenvalue weighted by Crippen LogP contribution is -2.20. The van der Waals surface area contributed by atoms with Gasteiger partial charge in [-0.1, -0.05) is 89.4 Å². The fourth-order valence-corrected chi connectivity index (χ4v) is 2.49. The summed E-state index contributed by atoms with van der Waals surface area (Å²) in [4.78, 5) is 12.2. The first kappa shape index (κ1) is 22.1. The number of aromatic nitrogens is 3. The number of unbranched alkanes of at least 4 members (excludes halogenated alkanes) is 2. The van der Waals surface area contributed by atoms with E-state index in [9.17, 15) is 0 Å². The van der Waals surface area contributed by atoms with Gasteiger partial charge in [-0.25, -0.2) is 15.0 Å². The van der Waals surface area contributed by atoms with Crippen molar-refractivity contribution in [3.8, 4) is 0 Å². The maximum absolute atomic E-state index is 5.87. The fourth-order valence-electron chi connectivity index (χ4n) is 1.98. The van der Waals surface area contributed by atoms with Crippen LogP contribution in [0, 0.1) is 0 Å². The minimum Gasteiger partial charge on any atom is -0.494 e. The SMILES string of the molecule is CCCCCOC1=CC(c2nc(C(Cl)(Cl)Cl)nc(C(Cl)(Cl)Cl)n2)OC=C1. The van der Waals surface area contributed by atoms with Crippen molar-refractivity contribution in [3.05, 3.63) is 41.6 Å². The van der Waals surface area contributed by atoms with Crippen molar-refractivity contribution in [2.45, 2.75) is 39.9 Å². The maximum Gasteiger partial charge on any atom is 0.250 e. The fraction of sp³-hybridized carbons (Fsp3) is 0.533. The molecule has 144 valence electrons. The monoisotopic (exact) mass is 479 g/mol. The first-order chi connectivity index (χ1) is 12.1. The Morgan fingerprint density at radius 3 is 2.15 bits per heavy atom. The second-order valence-corrected chi connectivity index (χ2v) is 9.88. The molecule has 0 spiro atoms.